The Morgan fingerprint density at radius 2 is 2.19 bits per heavy atom. The normalized spacial score (nSPS) is 24.1. The van der Waals surface area contributed by atoms with Gasteiger partial charge in [-0.2, -0.15) is 0 Å². The van der Waals surface area contributed by atoms with Crippen molar-refractivity contribution in [2.24, 2.45) is 11.7 Å². The molecule has 0 radical (unpaired) electrons. The van der Waals surface area contributed by atoms with Gasteiger partial charge in [0.05, 0.1) is 0 Å². The second-order valence-electron chi connectivity index (χ2n) is 4.68. The molecule has 0 spiro atoms. The van der Waals surface area contributed by atoms with Crippen LogP contribution in [0.1, 0.15) is 18.4 Å². The molecular weight excluding hydrogens is 203 g/mol. The van der Waals surface area contributed by atoms with Crippen molar-refractivity contribution in [3.63, 3.8) is 0 Å². The minimum atomic E-state index is -0.150. The van der Waals surface area contributed by atoms with E-state index in [1.165, 1.54) is 6.07 Å². The zero-order valence-electron chi connectivity index (χ0n) is 9.45. The maximum atomic E-state index is 12.9. The summed E-state index contributed by atoms with van der Waals surface area (Å²) < 4.78 is 12.9. The van der Waals surface area contributed by atoms with Crippen molar-refractivity contribution in [3.05, 3.63) is 35.6 Å². The van der Waals surface area contributed by atoms with E-state index in [1.54, 1.807) is 12.1 Å². The predicted octanol–water partition coefficient (Wildman–Crippen LogP) is 1.70. The third-order valence-electron chi connectivity index (χ3n) is 3.18. The van der Waals surface area contributed by atoms with Crippen molar-refractivity contribution in [1.82, 2.24) is 5.32 Å². The first-order chi connectivity index (χ1) is 7.74. The molecule has 0 atom stereocenters. The van der Waals surface area contributed by atoms with Crippen molar-refractivity contribution >= 4 is 0 Å². The summed E-state index contributed by atoms with van der Waals surface area (Å²) in [5.74, 6) is 0.602. The topological polar surface area (TPSA) is 38.0 Å². The van der Waals surface area contributed by atoms with Crippen molar-refractivity contribution < 1.29 is 4.39 Å². The molecule has 1 aromatic rings. The van der Waals surface area contributed by atoms with Crippen LogP contribution in [-0.4, -0.2) is 19.1 Å². The van der Waals surface area contributed by atoms with Gasteiger partial charge in [0.2, 0.25) is 0 Å². The van der Waals surface area contributed by atoms with Crippen molar-refractivity contribution in [1.29, 1.82) is 0 Å². The van der Waals surface area contributed by atoms with Gasteiger partial charge in [-0.25, -0.2) is 4.39 Å². The molecule has 2 nitrogen and oxygen atoms in total. The van der Waals surface area contributed by atoms with Crippen molar-refractivity contribution in [3.8, 4) is 0 Å². The van der Waals surface area contributed by atoms with E-state index in [4.69, 9.17) is 5.73 Å². The Bertz CT molecular complexity index is 334. The Labute approximate surface area is 96.0 Å². The van der Waals surface area contributed by atoms with E-state index in [1.807, 2.05) is 6.07 Å². The van der Waals surface area contributed by atoms with E-state index >= 15 is 0 Å². The van der Waals surface area contributed by atoms with Crippen LogP contribution < -0.4 is 11.1 Å². The number of rotatable bonds is 5. The van der Waals surface area contributed by atoms with E-state index in [2.05, 4.69) is 5.32 Å². The van der Waals surface area contributed by atoms with Crippen LogP contribution in [0.4, 0.5) is 4.39 Å². The summed E-state index contributed by atoms with van der Waals surface area (Å²) in [4.78, 5) is 0. The van der Waals surface area contributed by atoms with Crippen LogP contribution in [0.3, 0.4) is 0 Å². The first-order valence-electron chi connectivity index (χ1n) is 5.95. The lowest BCUT2D eigenvalue weighted by atomic mass is 9.81. The van der Waals surface area contributed by atoms with Gasteiger partial charge in [-0.15, -0.1) is 0 Å². The molecule has 0 aromatic heterocycles. The molecule has 3 heteroatoms. The molecule has 1 aromatic carbocycles. The number of nitrogens with two attached hydrogens (primary N) is 1. The molecule has 2 rings (SSSR count). The zero-order valence-corrected chi connectivity index (χ0v) is 9.45. The van der Waals surface area contributed by atoms with Crippen LogP contribution in [0, 0.1) is 11.7 Å². The highest BCUT2D eigenvalue weighted by Gasteiger charge is 2.24. The second kappa shape index (κ2) is 5.41. The summed E-state index contributed by atoms with van der Waals surface area (Å²) in [5.41, 5.74) is 6.76. The first-order valence-corrected chi connectivity index (χ1v) is 5.95. The Balaban J connectivity index is 1.61. The standard InChI is InChI=1S/C13H19FN2/c14-12-3-1-2-10(6-12)4-5-16-9-11-7-13(15)8-11/h1-3,6,11,13,16H,4-5,7-9,15H2. The molecule has 0 heterocycles. The third kappa shape index (κ3) is 3.29. The Morgan fingerprint density at radius 3 is 2.88 bits per heavy atom. The number of hydrogen-bond acceptors (Lipinski definition) is 2. The lowest BCUT2D eigenvalue weighted by Gasteiger charge is -2.32. The molecule has 0 unspecified atom stereocenters. The van der Waals surface area contributed by atoms with Gasteiger partial charge in [0, 0.05) is 6.04 Å². The molecule has 1 saturated carbocycles. The van der Waals surface area contributed by atoms with Crippen LogP contribution >= 0.6 is 0 Å². The van der Waals surface area contributed by atoms with E-state index < -0.39 is 0 Å². The molecule has 0 saturated heterocycles. The monoisotopic (exact) mass is 222 g/mol. The Hall–Kier alpha value is -0.930. The largest absolute Gasteiger partial charge is 0.328 e. The second-order valence-corrected chi connectivity index (χ2v) is 4.68. The quantitative estimate of drug-likeness (QED) is 0.744. The molecule has 0 amide bonds. The SMILES string of the molecule is NC1CC(CNCCc2cccc(F)c2)C1. The van der Waals surface area contributed by atoms with Gasteiger partial charge in [-0.1, -0.05) is 12.1 Å². The molecule has 1 aliphatic rings. The summed E-state index contributed by atoms with van der Waals surface area (Å²) in [6.07, 6.45) is 3.18. The molecular formula is C13H19FN2. The smallest absolute Gasteiger partial charge is 0.123 e. The Kier molecular flexibility index (Phi) is 3.91. The highest BCUT2D eigenvalue weighted by molar-refractivity contribution is 5.16. The number of nitrogens with one attached hydrogen (secondary N) is 1. The minimum Gasteiger partial charge on any atom is -0.328 e. The first kappa shape index (κ1) is 11.6. The summed E-state index contributed by atoms with van der Waals surface area (Å²) in [7, 11) is 0. The number of benzene rings is 1. The predicted molar refractivity (Wildman–Crippen MR) is 63.7 cm³/mol. The average molecular weight is 222 g/mol. The third-order valence-corrected chi connectivity index (χ3v) is 3.18. The highest BCUT2D eigenvalue weighted by Crippen LogP contribution is 2.24. The molecule has 3 N–H and O–H groups in total. The minimum absolute atomic E-state index is 0.150. The summed E-state index contributed by atoms with van der Waals surface area (Å²) >= 11 is 0. The molecule has 16 heavy (non-hydrogen) atoms. The molecule has 88 valence electrons. The van der Waals surface area contributed by atoms with Crippen LogP contribution in [0.5, 0.6) is 0 Å². The summed E-state index contributed by atoms with van der Waals surface area (Å²) in [5, 5.41) is 3.40. The van der Waals surface area contributed by atoms with Gasteiger partial charge in [0.15, 0.2) is 0 Å². The van der Waals surface area contributed by atoms with Crippen LogP contribution in [-0.2, 0) is 6.42 Å². The molecule has 1 fully saturated rings. The van der Waals surface area contributed by atoms with Crippen LogP contribution in [0.25, 0.3) is 0 Å². The van der Waals surface area contributed by atoms with E-state index in [-0.39, 0.29) is 5.82 Å². The summed E-state index contributed by atoms with van der Waals surface area (Å²) in [6.45, 7) is 1.96. The van der Waals surface area contributed by atoms with E-state index in [0.717, 1.165) is 43.8 Å². The van der Waals surface area contributed by atoms with E-state index in [0.29, 0.717) is 6.04 Å². The van der Waals surface area contributed by atoms with Crippen LogP contribution in [0.15, 0.2) is 24.3 Å². The number of halogens is 1. The molecule has 0 aliphatic heterocycles. The lowest BCUT2D eigenvalue weighted by Crippen LogP contribution is -2.41. The fourth-order valence-electron chi connectivity index (χ4n) is 2.19. The molecule has 1 aliphatic carbocycles. The maximum Gasteiger partial charge on any atom is 0.123 e. The van der Waals surface area contributed by atoms with Gasteiger partial charge in [-0.3, -0.25) is 0 Å². The van der Waals surface area contributed by atoms with Gasteiger partial charge >= 0.3 is 0 Å². The highest BCUT2D eigenvalue weighted by atomic mass is 19.1. The van der Waals surface area contributed by atoms with Crippen LogP contribution in [0.2, 0.25) is 0 Å². The van der Waals surface area contributed by atoms with Gasteiger partial charge < -0.3 is 11.1 Å². The summed E-state index contributed by atoms with van der Waals surface area (Å²) in [6, 6.07) is 7.22. The molecule has 0 bridgehead atoms. The number of hydrogen-bond donors (Lipinski definition) is 2. The van der Waals surface area contributed by atoms with Gasteiger partial charge in [0.25, 0.3) is 0 Å². The fourth-order valence-corrected chi connectivity index (χ4v) is 2.19. The van der Waals surface area contributed by atoms with Crippen molar-refractivity contribution in [2.75, 3.05) is 13.1 Å². The zero-order chi connectivity index (χ0) is 11.4. The van der Waals surface area contributed by atoms with Crippen molar-refractivity contribution in [2.45, 2.75) is 25.3 Å². The average Bonchev–Trinajstić information content (AvgIpc) is 2.21. The van der Waals surface area contributed by atoms with Gasteiger partial charge in [0.1, 0.15) is 5.82 Å². The Morgan fingerprint density at radius 1 is 1.38 bits per heavy atom. The van der Waals surface area contributed by atoms with E-state index in [9.17, 15) is 4.39 Å². The lowest BCUT2D eigenvalue weighted by molar-refractivity contribution is 0.257. The van der Waals surface area contributed by atoms with Gasteiger partial charge in [-0.05, 0) is 56.0 Å². The fraction of sp³-hybridized carbons (Fsp3) is 0.538. The maximum absolute atomic E-state index is 12.9.